The summed E-state index contributed by atoms with van der Waals surface area (Å²) >= 11 is 0. The average Bonchev–Trinajstić information content (AvgIpc) is 3.14. The van der Waals surface area contributed by atoms with Crippen molar-refractivity contribution in [3.63, 3.8) is 0 Å². The largest absolute Gasteiger partial charge is 0.442 e. The van der Waals surface area contributed by atoms with Gasteiger partial charge in [-0.25, -0.2) is 4.79 Å². The molecule has 0 bridgehead atoms. The Hall–Kier alpha value is -2.90. The molecule has 1 atom stereocenters. The maximum Gasteiger partial charge on any atom is 0.414 e. The topological polar surface area (TPSA) is 71.1 Å². The lowest BCUT2D eigenvalue weighted by Gasteiger charge is -2.26. The summed E-state index contributed by atoms with van der Waals surface area (Å²) in [5, 5.41) is 2.69. The minimum absolute atomic E-state index is 0.134. The van der Waals surface area contributed by atoms with Crippen LogP contribution in [-0.2, 0) is 20.8 Å². The second kappa shape index (κ2) is 9.28. The van der Waals surface area contributed by atoms with E-state index in [1.165, 1.54) is 12.5 Å². The van der Waals surface area contributed by atoms with Gasteiger partial charge in [0, 0.05) is 32.2 Å². The summed E-state index contributed by atoms with van der Waals surface area (Å²) in [6, 6.07) is 16.5. The minimum Gasteiger partial charge on any atom is -0.442 e. The van der Waals surface area contributed by atoms with Crippen LogP contribution >= 0.6 is 0 Å². The monoisotopic (exact) mass is 409 g/mol. The molecule has 2 aromatic rings. The third-order valence-electron chi connectivity index (χ3n) is 5.43. The predicted molar refractivity (Wildman–Crippen MR) is 114 cm³/mol. The van der Waals surface area contributed by atoms with Crippen molar-refractivity contribution in [2.45, 2.75) is 19.6 Å². The molecule has 2 fully saturated rings. The Labute approximate surface area is 176 Å². The zero-order chi connectivity index (χ0) is 20.9. The van der Waals surface area contributed by atoms with Crippen molar-refractivity contribution >= 4 is 17.7 Å². The van der Waals surface area contributed by atoms with Gasteiger partial charge in [0.15, 0.2) is 0 Å². The Bertz CT molecular complexity index is 876. The quantitative estimate of drug-likeness (QED) is 0.794. The molecule has 0 spiro atoms. The molecule has 4 rings (SSSR count). The highest BCUT2D eigenvalue weighted by atomic mass is 16.6. The van der Waals surface area contributed by atoms with Crippen molar-refractivity contribution in [1.82, 2.24) is 10.2 Å². The Kier molecular flexibility index (Phi) is 6.30. The highest BCUT2D eigenvalue weighted by Gasteiger charge is 2.32. The third-order valence-corrected chi connectivity index (χ3v) is 5.43. The van der Waals surface area contributed by atoms with Gasteiger partial charge in [-0.1, -0.05) is 36.4 Å². The van der Waals surface area contributed by atoms with Crippen LogP contribution in [0.4, 0.5) is 10.5 Å². The van der Waals surface area contributed by atoms with Crippen LogP contribution < -0.4 is 10.2 Å². The highest BCUT2D eigenvalue weighted by molar-refractivity contribution is 5.90. The van der Waals surface area contributed by atoms with E-state index in [-0.39, 0.29) is 18.1 Å². The number of cyclic esters (lactones) is 1. The Morgan fingerprint density at radius 2 is 1.67 bits per heavy atom. The molecule has 2 aliphatic heterocycles. The Morgan fingerprint density at radius 3 is 2.30 bits per heavy atom. The molecule has 2 heterocycles. The van der Waals surface area contributed by atoms with Crippen LogP contribution in [0, 0.1) is 0 Å². The van der Waals surface area contributed by atoms with Crippen molar-refractivity contribution in [3.05, 3.63) is 54.1 Å². The van der Waals surface area contributed by atoms with Crippen molar-refractivity contribution in [2.24, 2.45) is 0 Å². The fraction of sp³-hybridized carbons (Fsp3) is 0.391. The van der Waals surface area contributed by atoms with Gasteiger partial charge < -0.3 is 14.8 Å². The number of ether oxygens (including phenoxy) is 2. The molecule has 1 unspecified atom stereocenters. The van der Waals surface area contributed by atoms with Crippen molar-refractivity contribution in [1.29, 1.82) is 0 Å². The van der Waals surface area contributed by atoms with Gasteiger partial charge in [-0.2, -0.15) is 0 Å². The maximum absolute atomic E-state index is 12.2. The van der Waals surface area contributed by atoms with Gasteiger partial charge in [-0.3, -0.25) is 14.6 Å². The Balaban J connectivity index is 1.37. The molecule has 0 aromatic heterocycles. The second-order valence-electron chi connectivity index (χ2n) is 7.69. The first kappa shape index (κ1) is 20.4. The zero-order valence-corrected chi connectivity index (χ0v) is 17.2. The summed E-state index contributed by atoms with van der Waals surface area (Å²) in [7, 11) is 0. The number of rotatable bonds is 6. The lowest BCUT2D eigenvalue weighted by molar-refractivity contribution is -0.119. The maximum atomic E-state index is 12.2. The summed E-state index contributed by atoms with van der Waals surface area (Å²) in [6.45, 7) is 6.72. The first-order valence-corrected chi connectivity index (χ1v) is 10.3. The fourth-order valence-corrected chi connectivity index (χ4v) is 3.75. The number of amides is 2. The van der Waals surface area contributed by atoms with Crippen LogP contribution in [-0.4, -0.2) is 62.4 Å². The second-order valence-corrected chi connectivity index (χ2v) is 7.69. The molecule has 0 radical (unpaired) electrons. The summed E-state index contributed by atoms with van der Waals surface area (Å²) in [4.78, 5) is 27.2. The van der Waals surface area contributed by atoms with Gasteiger partial charge in [-0.15, -0.1) is 0 Å². The molecule has 0 saturated carbocycles. The smallest absolute Gasteiger partial charge is 0.414 e. The fourth-order valence-electron chi connectivity index (χ4n) is 3.75. The number of carbonyl (C=O) groups excluding carboxylic acids is 2. The van der Waals surface area contributed by atoms with Gasteiger partial charge in [0.1, 0.15) is 6.10 Å². The van der Waals surface area contributed by atoms with Crippen molar-refractivity contribution in [2.75, 3.05) is 44.3 Å². The molecule has 7 heteroatoms. The van der Waals surface area contributed by atoms with Crippen molar-refractivity contribution in [3.8, 4) is 11.1 Å². The average molecular weight is 409 g/mol. The van der Waals surface area contributed by atoms with Gasteiger partial charge in [0.2, 0.25) is 5.91 Å². The molecule has 0 aliphatic carbocycles. The van der Waals surface area contributed by atoms with E-state index < -0.39 is 0 Å². The number of carbonyl (C=O) groups is 2. The predicted octanol–water partition coefficient (Wildman–Crippen LogP) is 2.65. The molecule has 30 heavy (non-hydrogen) atoms. The molecule has 158 valence electrons. The van der Waals surface area contributed by atoms with E-state index in [1.54, 1.807) is 4.90 Å². The van der Waals surface area contributed by atoms with Gasteiger partial charge in [0.05, 0.1) is 26.3 Å². The molecule has 2 saturated heterocycles. The molecule has 2 aromatic carbocycles. The van der Waals surface area contributed by atoms with E-state index >= 15 is 0 Å². The third kappa shape index (κ3) is 4.98. The number of anilines is 1. The SMILES string of the molecule is CC(=O)NCC1CN(c2ccc(-c3ccc(CN4CCOCC4)cc3)cc2)C(=O)O1. The standard InChI is InChI=1S/C23H27N3O4/c1-17(27)24-14-22-16-26(23(28)30-22)21-8-6-20(7-9-21)19-4-2-18(3-5-19)15-25-10-12-29-13-11-25/h2-9,22H,10-16H2,1H3,(H,24,27). The van der Waals surface area contributed by atoms with Crippen LogP contribution in [0.25, 0.3) is 11.1 Å². The van der Waals surface area contributed by atoms with Crippen LogP contribution in [0.5, 0.6) is 0 Å². The first-order chi connectivity index (χ1) is 14.6. The number of morpholine rings is 1. The number of nitrogens with zero attached hydrogens (tertiary/aromatic N) is 2. The normalized spacial score (nSPS) is 19.6. The van der Waals surface area contributed by atoms with E-state index in [4.69, 9.17) is 9.47 Å². The zero-order valence-electron chi connectivity index (χ0n) is 17.2. The summed E-state index contributed by atoms with van der Waals surface area (Å²) in [5.41, 5.74) is 4.32. The molecule has 1 N–H and O–H groups in total. The van der Waals surface area contributed by atoms with Gasteiger partial charge in [-0.05, 0) is 28.8 Å². The van der Waals surface area contributed by atoms with Gasteiger partial charge >= 0.3 is 6.09 Å². The van der Waals surface area contributed by atoms with Crippen molar-refractivity contribution < 1.29 is 19.1 Å². The van der Waals surface area contributed by atoms with Crippen LogP contribution in [0.2, 0.25) is 0 Å². The first-order valence-electron chi connectivity index (χ1n) is 10.3. The molecule has 2 aliphatic rings. The van der Waals surface area contributed by atoms with E-state index in [0.29, 0.717) is 13.1 Å². The number of nitrogens with one attached hydrogen (secondary N) is 1. The summed E-state index contributed by atoms with van der Waals surface area (Å²) in [5.74, 6) is -0.134. The van der Waals surface area contributed by atoms with Crippen LogP contribution in [0.3, 0.4) is 0 Å². The summed E-state index contributed by atoms with van der Waals surface area (Å²) < 4.78 is 10.7. The van der Waals surface area contributed by atoms with E-state index in [9.17, 15) is 9.59 Å². The van der Waals surface area contributed by atoms with E-state index in [0.717, 1.165) is 49.7 Å². The number of hydrogen-bond acceptors (Lipinski definition) is 5. The van der Waals surface area contributed by atoms with Crippen LogP contribution in [0.15, 0.2) is 48.5 Å². The molecular weight excluding hydrogens is 382 g/mol. The minimum atomic E-state index is -0.384. The molecule has 2 amide bonds. The van der Waals surface area contributed by atoms with E-state index in [2.05, 4.69) is 34.5 Å². The van der Waals surface area contributed by atoms with Crippen LogP contribution in [0.1, 0.15) is 12.5 Å². The lowest BCUT2D eigenvalue weighted by atomic mass is 10.0. The lowest BCUT2D eigenvalue weighted by Crippen LogP contribution is -2.35. The molecular formula is C23H27N3O4. The van der Waals surface area contributed by atoms with E-state index in [1.807, 2.05) is 24.3 Å². The number of benzene rings is 2. The van der Waals surface area contributed by atoms with Gasteiger partial charge in [0.25, 0.3) is 0 Å². The molecule has 7 nitrogen and oxygen atoms in total. The Morgan fingerprint density at radius 1 is 1.03 bits per heavy atom. The number of hydrogen-bond donors (Lipinski definition) is 1. The highest BCUT2D eigenvalue weighted by Crippen LogP contribution is 2.26. The summed E-state index contributed by atoms with van der Waals surface area (Å²) in [6.07, 6.45) is -0.717.